The van der Waals surface area contributed by atoms with Gasteiger partial charge in [0.15, 0.2) is 0 Å². The largest absolute Gasteiger partial charge is 0.311 e. The van der Waals surface area contributed by atoms with Gasteiger partial charge in [0, 0.05) is 43.2 Å². The van der Waals surface area contributed by atoms with Crippen LogP contribution in [-0.4, -0.2) is 6.71 Å². The highest BCUT2D eigenvalue weighted by atomic mass is 32.1. The molecule has 1 aromatic heterocycles. The first-order valence-corrected chi connectivity index (χ1v) is 24.8. The minimum absolute atomic E-state index is 0.000742. The number of nitrogens with zero attached hydrogens (tertiary/aromatic N) is 2. The van der Waals surface area contributed by atoms with Crippen LogP contribution in [0.2, 0.25) is 0 Å². The van der Waals surface area contributed by atoms with Crippen LogP contribution in [0.25, 0.3) is 21.2 Å². The Morgan fingerprint density at radius 2 is 1.14 bits per heavy atom. The molecule has 4 aliphatic rings. The van der Waals surface area contributed by atoms with E-state index >= 15 is 0 Å². The molecule has 2 aliphatic carbocycles. The van der Waals surface area contributed by atoms with Crippen LogP contribution < -0.4 is 25.5 Å². The molecule has 6 aromatic carbocycles. The van der Waals surface area contributed by atoms with Crippen molar-refractivity contribution in [3.8, 4) is 11.1 Å². The van der Waals surface area contributed by atoms with Gasteiger partial charge in [-0.3, -0.25) is 0 Å². The molecule has 0 spiro atoms. The van der Waals surface area contributed by atoms with Crippen LogP contribution in [0, 0.1) is 13.8 Å². The molecular formula is C60H65BN2S. The maximum Gasteiger partial charge on any atom is 0.264 e. The molecule has 0 unspecified atom stereocenters. The zero-order valence-corrected chi connectivity index (χ0v) is 41.4. The Kier molecular flexibility index (Phi) is 8.94. The number of fused-ring (bicyclic) bond motifs is 8. The first kappa shape index (κ1) is 41.6. The lowest BCUT2D eigenvalue weighted by atomic mass is 9.35. The standard InChI is InChI=1S/C60H65BN2S/c1-36-19-24-52-42(29-36)54-55(64-52)61-47-34-45-46(60(12,13)28-27-59(45,10)11)35-49(47)62(40-21-22-43-44(33-40)58(8,9)26-25-57(43,6)7)50-30-37(2)31-51(53(50)61)63(54)48-23-20-39(56(3,4)5)32-41(48)38-17-15-14-16-18-38/h14-24,29-35H,25-28H2,1-13H3. The lowest BCUT2D eigenvalue weighted by Gasteiger charge is -2.47. The number of benzene rings is 6. The van der Waals surface area contributed by atoms with Crippen molar-refractivity contribution in [2.45, 2.75) is 143 Å². The first-order valence-electron chi connectivity index (χ1n) is 24.0. The molecular weight excluding hydrogens is 792 g/mol. The van der Waals surface area contributed by atoms with Crippen molar-refractivity contribution in [2.75, 3.05) is 9.80 Å². The van der Waals surface area contributed by atoms with E-state index in [1.54, 1.807) is 0 Å². The second kappa shape index (κ2) is 13.7. The lowest BCUT2D eigenvalue weighted by Crippen LogP contribution is -2.61. The molecule has 7 aromatic rings. The Morgan fingerprint density at radius 3 is 1.80 bits per heavy atom. The Hall–Kier alpha value is -5.06. The van der Waals surface area contributed by atoms with Crippen molar-refractivity contribution >= 4 is 78.0 Å². The van der Waals surface area contributed by atoms with E-state index in [4.69, 9.17) is 0 Å². The second-order valence-corrected chi connectivity index (χ2v) is 24.8. The van der Waals surface area contributed by atoms with Crippen LogP contribution in [0.4, 0.5) is 34.1 Å². The van der Waals surface area contributed by atoms with Gasteiger partial charge in [-0.15, -0.1) is 11.3 Å². The maximum absolute atomic E-state index is 2.70. The number of hydrogen-bond acceptors (Lipinski definition) is 3. The van der Waals surface area contributed by atoms with Crippen LogP contribution >= 0.6 is 11.3 Å². The molecule has 0 bridgehead atoms. The quantitative estimate of drug-likeness (QED) is 0.163. The molecule has 0 saturated heterocycles. The van der Waals surface area contributed by atoms with Gasteiger partial charge in [0.25, 0.3) is 6.71 Å². The summed E-state index contributed by atoms with van der Waals surface area (Å²) in [4.78, 5) is 5.40. The number of aryl methyl sites for hydroxylation is 2. The summed E-state index contributed by atoms with van der Waals surface area (Å²) in [5.74, 6) is 0. The number of rotatable bonds is 3. The highest BCUT2D eigenvalue weighted by molar-refractivity contribution is 7.33. The molecule has 0 radical (unpaired) electrons. The summed E-state index contributed by atoms with van der Waals surface area (Å²) >= 11 is 2.01. The van der Waals surface area contributed by atoms with Gasteiger partial charge in [0.2, 0.25) is 0 Å². The van der Waals surface area contributed by atoms with Crippen molar-refractivity contribution in [1.82, 2.24) is 0 Å². The topological polar surface area (TPSA) is 6.48 Å². The maximum atomic E-state index is 2.70. The van der Waals surface area contributed by atoms with Gasteiger partial charge in [-0.2, -0.15) is 0 Å². The highest BCUT2D eigenvalue weighted by Crippen LogP contribution is 2.54. The molecule has 0 amide bonds. The fourth-order valence-corrected chi connectivity index (χ4v) is 13.4. The van der Waals surface area contributed by atoms with Crippen LogP contribution in [0.5, 0.6) is 0 Å². The third-order valence-corrected chi connectivity index (χ3v) is 17.4. The van der Waals surface area contributed by atoms with E-state index in [-0.39, 0.29) is 33.8 Å². The third-order valence-electron chi connectivity index (χ3n) is 16.2. The minimum Gasteiger partial charge on any atom is -0.311 e. The van der Waals surface area contributed by atoms with Crippen molar-refractivity contribution in [2.24, 2.45) is 0 Å². The summed E-state index contributed by atoms with van der Waals surface area (Å²) in [7, 11) is 0. The van der Waals surface area contributed by atoms with Crippen LogP contribution in [-0.2, 0) is 27.1 Å². The zero-order valence-electron chi connectivity index (χ0n) is 40.6. The van der Waals surface area contributed by atoms with Gasteiger partial charge in [-0.1, -0.05) is 136 Å². The smallest absolute Gasteiger partial charge is 0.264 e. The molecule has 3 heterocycles. The molecule has 0 saturated carbocycles. The van der Waals surface area contributed by atoms with E-state index in [9.17, 15) is 0 Å². The summed E-state index contributed by atoms with van der Waals surface area (Å²) in [6, 6.07) is 43.5. The zero-order chi connectivity index (χ0) is 45.0. The summed E-state index contributed by atoms with van der Waals surface area (Å²) in [5.41, 5.74) is 23.5. The van der Waals surface area contributed by atoms with Gasteiger partial charge >= 0.3 is 0 Å². The van der Waals surface area contributed by atoms with Gasteiger partial charge < -0.3 is 9.80 Å². The van der Waals surface area contributed by atoms with Crippen LogP contribution in [0.1, 0.15) is 141 Å². The predicted octanol–water partition coefficient (Wildman–Crippen LogP) is 15.3. The minimum atomic E-state index is -0.000742. The van der Waals surface area contributed by atoms with E-state index in [1.165, 1.54) is 136 Å². The average molecular weight is 857 g/mol. The second-order valence-electron chi connectivity index (χ2n) is 23.7. The first-order chi connectivity index (χ1) is 30.1. The van der Waals surface area contributed by atoms with E-state index in [0.29, 0.717) is 0 Å². The summed E-state index contributed by atoms with van der Waals surface area (Å²) in [6.45, 7) is 31.5. The van der Waals surface area contributed by atoms with Crippen molar-refractivity contribution in [1.29, 1.82) is 0 Å². The monoisotopic (exact) mass is 856 g/mol. The van der Waals surface area contributed by atoms with Crippen molar-refractivity contribution in [3.63, 3.8) is 0 Å². The molecule has 0 N–H and O–H groups in total. The number of anilines is 6. The predicted molar refractivity (Wildman–Crippen MR) is 280 cm³/mol. The van der Waals surface area contributed by atoms with Crippen LogP contribution in [0.3, 0.4) is 0 Å². The molecule has 11 rings (SSSR count). The molecule has 2 aliphatic heterocycles. The molecule has 324 valence electrons. The van der Waals surface area contributed by atoms with E-state index in [1.807, 2.05) is 11.3 Å². The molecule has 2 nitrogen and oxygen atoms in total. The lowest BCUT2D eigenvalue weighted by molar-refractivity contribution is 0.332. The molecule has 0 atom stereocenters. The Morgan fingerprint density at radius 1 is 0.531 bits per heavy atom. The fourth-order valence-electron chi connectivity index (χ4n) is 12.1. The third kappa shape index (κ3) is 6.17. The summed E-state index contributed by atoms with van der Waals surface area (Å²) in [6.07, 6.45) is 4.76. The average Bonchev–Trinajstić information content (AvgIpc) is 3.61. The van der Waals surface area contributed by atoms with Gasteiger partial charge in [-0.05, 0) is 171 Å². The SMILES string of the molecule is Cc1cc2c3c(c1)N(c1ccc(C(C)(C)C)cc1-c1ccccc1)c1c(sc4ccc(C)cc14)B3c1cc3c(cc1N2c1ccc2c(c1)C(C)(C)CCC2(C)C)C(C)(C)CCC3(C)C. The van der Waals surface area contributed by atoms with Crippen LogP contribution in [0.15, 0.2) is 109 Å². The Balaban J connectivity index is 1.28. The molecule has 0 fully saturated rings. The van der Waals surface area contributed by atoms with Gasteiger partial charge in [0.1, 0.15) is 0 Å². The Bertz CT molecular complexity index is 3080. The normalized spacial score (nSPS) is 18.5. The molecule has 4 heteroatoms. The van der Waals surface area contributed by atoms with Crippen molar-refractivity contribution in [3.05, 3.63) is 148 Å². The van der Waals surface area contributed by atoms with Gasteiger partial charge in [0.05, 0.1) is 11.4 Å². The number of hydrogen-bond donors (Lipinski definition) is 0. The number of thiophene rings is 1. The van der Waals surface area contributed by atoms with E-state index in [2.05, 4.69) is 209 Å². The molecule has 64 heavy (non-hydrogen) atoms. The van der Waals surface area contributed by atoms with Gasteiger partial charge in [-0.25, -0.2) is 0 Å². The Labute approximate surface area is 387 Å². The summed E-state index contributed by atoms with van der Waals surface area (Å²) in [5, 5.41) is 1.34. The fraction of sp³-hybridized carbons (Fsp3) is 0.367. The van der Waals surface area contributed by atoms with E-state index in [0.717, 1.165) is 0 Å². The van der Waals surface area contributed by atoms with Crippen molar-refractivity contribution < 1.29 is 0 Å². The highest BCUT2D eigenvalue weighted by Gasteiger charge is 2.48. The van der Waals surface area contributed by atoms with E-state index < -0.39 is 0 Å². The summed E-state index contributed by atoms with van der Waals surface area (Å²) < 4.78 is 2.79.